The van der Waals surface area contributed by atoms with E-state index in [0.29, 0.717) is 29.9 Å². The van der Waals surface area contributed by atoms with Crippen molar-refractivity contribution in [2.45, 2.75) is 19.4 Å². The number of nitrogens with zero attached hydrogens (tertiary/aromatic N) is 1. The van der Waals surface area contributed by atoms with E-state index in [1.165, 1.54) is 6.08 Å². The molecule has 2 aromatic rings. The summed E-state index contributed by atoms with van der Waals surface area (Å²) in [6, 6.07) is 10.7. The van der Waals surface area contributed by atoms with Crippen molar-refractivity contribution in [3.05, 3.63) is 71.3 Å². The van der Waals surface area contributed by atoms with E-state index in [1.807, 2.05) is 12.1 Å². The van der Waals surface area contributed by atoms with Gasteiger partial charge in [0.2, 0.25) is 5.91 Å². The Bertz CT molecular complexity index is 981. The number of nitrogens with one attached hydrogen (secondary N) is 2. The molecule has 0 aromatic heterocycles. The molecule has 0 unspecified atom stereocenters. The molecule has 2 aliphatic rings. The van der Waals surface area contributed by atoms with Crippen LogP contribution in [0.15, 0.2) is 49.1 Å². The number of fused-ring (bicyclic) bond motifs is 2. The van der Waals surface area contributed by atoms with E-state index in [1.54, 1.807) is 29.2 Å². The van der Waals surface area contributed by atoms with Gasteiger partial charge in [-0.25, -0.2) is 0 Å². The molecule has 2 heterocycles. The minimum atomic E-state index is -0.252. The van der Waals surface area contributed by atoms with E-state index >= 15 is 0 Å². The van der Waals surface area contributed by atoms with Crippen LogP contribution in [0.25, 0.3) is 0 Å². The highest BCUT2D eigenvalue weighted by molar-refractivity contribution is 6.09. The first-order valence-corrected chi connectivity index (χ1v) is 8.87. The molecular weight excluding hydrogens is 342 g/mol. The largest absolute Gasteiger partial charge is 0.348 e. The molecule has 0 saturated heterocycles. The Morgan fingerprint density at radius 2 is 2.07 bits per heavy atom. The SMILES string of the molecule is C=CC(=O)N1CCCc2c(C(=O)Nc3ccc4c(c3)C(=O)NC4)cccc21. The average Bonchev–Trinajstić information content (AvgIpc) is 3.06. The van der Waals surface area contributed by atoms with Gasteiger partial charge in [-0.15, -0.1) is 0 Å². The second-order valence-electron chi connectivity index (χ2n) is 6.61. The van der Waals surface area contributed by atoms with E-state index in [4.69, 9.17) is 0 Å². The molecule has 2 aliphatic heterocycles. The van der Waals surface area contributed by atoms with Crippen LogP contribution in [0.5, 0.6) is 0 Å². The summed E-state index contributed by atoms with van der Waals surface area (Å²) in [6.45, 7) is 4.68. The number of amides is 3. The van der Waals surface area contributed by atoms with Crippen LogP contribution in [0, 0.1) is 0 Å². The fourth-order valence-corrected chi connectivity index (χ4v) is 3.67. The van der Waals surface area contributed by atoms with Gasteiger partial charge in [-0.1, -0.05) is 18.7 Å². The zero-order chi connectivity index (χ0) is 19.0. The zero-order valence-corrected chi connectivity index (χ0v) is 14.7. The van der Waals surface area contributed by atoms with Crippen LogP contribution < -0.4 is 15.5 Å². The highest BCUT2D eigenvalue weighted by Crippen LogP contribution is 2.31. The van der Waals surface area contributed by atoms with E-state index in [-0.39, 0.29) is 17.7 Å². The Kier molecular flexibility index (Phi) is 4.24. The second-order valence-corrected chi connectivity index (χ2v) is 6.61. The van der Waals surface area contributed by atoms with Gasteiger partial charge in [0.1, 0.15) is 0 Å². The maximum absolute atomic E-state index is 12.9. The van der Waals surface area contributed by atoms with Crippen LogP contribution in [0.2, 0.25) is 0 Å². The molecule has 0 atom stereocenters. The summed E-state index contributed by atoms with van der Waals surface area (Å²) in [5, 5.41) is 5.64. The third-order valence-electron chi connectivity index (χ3n) is 4.99. The lowest BCUT2D eigenvalue weighted by Crippen LogP contribution is -2.35. The summed E-state index contributed by atoms with van der Waals surface area (Å²) in [5.41, 5.74) is 4.24. The van der Waals surface area contributed by atoms with Gasteiger partial charge in [-0.2, -0.15) is 0 Å². The van der Waals surface area contributed by atoms with Gasteiger partial charge < -0.3 is 15.5 Å². The fourth-order valence-electron chi connectivity index (χ4n) is 3.67. The number of benzene rings is 2. The molecule has 2 N–H and O–H groups in total. The first-order chi connectivity index (χ1) is 13.1. The third-order valence-corrected chi connectivity index (χ3v) is 4.99. The maximum atomic E-state index is 12.9. The summed E-state index contributed by atoms with van der Waals surface area (Å²) in [7, 11) is 0. The average molecular weight is 361 g/mol. The minimum absolute atomic E-state index is 0.128. The summed E-state index contributed by atoms with van der Waals surface area (Å²) in [6.07, 6.45) is 2.81. The highest BCUT2D eigenvalue weighted by Gasteiger charge is 2.25. The van der Waals surface area contributed by atoms with Gasteiger partial charge in [0.05, 0.1) is 0 Å². The quantitative estimate of drug-likeness (QED) is 0.825. The van der Waals surface area contributed by atoms with Crippen molar-refractivity contribution in [3.63, 3.8) is 0 Å². The summed E-state index contributed by atoms with van der Waals surface area (Å²) < 4.78 is 0. The molecule has 27 heavy (non-hydrogen) atoms. The number of carbonyl (C=O) groups is 3. The molecule has 3 amide bonds. The Morgan fingerprint density at radius 3 is 2.89 bits per heavy atom. The van der Waals surface area contributed by atoms with Crippen molar-refractivity contribution in [3.8, 4) is 0 Å². The summed E-state index contributed by atoms with van der Waals surface area (Å²) in [4.78, 5) is 38.5. The number of hydrogen-bond acceptors (Lipinski definition) is 3. The molecule has 2 aromatic carbocycles. The van der Waals surface area contributed by atoms with Gasteiger partial charge in [-0.05, 0) is 54.3 Å². The molecule has 0 bridgehead atoms. The Hall–Kier alpha value is -3.41. The smallest absolute Gasteiger partial charge is 0.256 e. The molecule has 4 rings (SSSR count). The van der Waals surface area contributed by atoms with E-state index in [9.17, 15) is 14.4 Å². The van der Waals surface area contributed by atoms with Gasteiger partial charge in [0, 0.05) is 35.6 Å². The van der Waals surface area contributed by atoms with Crippen molar-refractivity contribution >= 4 is 29.1 Å². The number of rotatable bonds is 3. The lowest BCUT2D eigenvalue weighted by Gasteiger charge is -2.29. The number of carbonyl (C=O) groups excluding carboxylic acids is 3. The van der Waals surface area contributed by atoms with Crippen molar-refractivity contribution in [1.82, 2.24) is 5.32 Å². The molecule has 0 fully saturated rings. The van der Waals surface area contributed by atoms with Crippen LogP contribution in [-0.4, -0.2) is 24.3 Å². The van der Waals surface area contributed by atoms with Gasteiger partial charge in [0.15, 0.2) is 0 Å². The molecule has 0 radical (unpaired) electrons. The third kappa shape index (κ3) is 2.99. The van der Waals surface area contributed by atoms with Crippen LogP contribution in [0.4, 0.5) is 11.4 Å². The van der Waals surface area contributed by atoms with Crippen molar-refractivity contribution < 1.29 is 14.4 Å². The van der Waals surface area contributed by atoms with E-state index in [2.05, 4.69) is 17.2 Å². The Balaban J connectivity index is 1.64. The Morgan fingerprint density at radius 1 is 1.22 bits per heavy atom. The maximum Gasteiger partial charge on any atom is 0.256 e. The lowest BCUT2D eigenvalue weighted by molar-refractivity contribution is -0.114. The molecule has 0 spiro atoms. The van der Waals surface area contributed by atoms with Crippen LogP contribution >= 0.6 is 0 Å². The summed E-state index contributed by atoms with van der Waals surface area (Å²) >= 11 is 0. The fraction of sp³-hybridized carbons (Fsp3) is 0.190. The topological polar surface area (TPSA) is 78.5 Å². The molecule has 6 nitrogen and oxygen atoms in total. The zero-order valence-electron chi connectivity index (χ0n) is 14.7. The van der Waals surface area contributed by atoms with Crippen molar-refractivity contribution in [1.29, 1.82) is 0 Å². The van der Waals surface area contributed by atoms with E-state index in [0.717, 1.165) is 29.7 Å². The first kappa shape index (κ1) is 17.0. The molecule has 6 heteroatoms. The minimum Gasteiger partial charge on any atom is -0.348 e. The number of anilines is 2. The van der Waals surface area contributed by atoms with Crippen LogP contribution in [0.3, 0.4) is 0 Å². The molecule has 136 valence electrons. The predicted molar refractivity (Wildman–Crippen MR) is 103 cm³/mol. The summed E-state index contributed by atoms with van der Waals surface area (Å²) in [5.74, 6) is -0.548. The van der Waals surface area contributed by atoms with Gasteiger partial charge >= 0.3 is 0 Å². The molecular formula is C21H19N3O3. The van der Waals surface area contributed by atoms with Crippen molar-refractivity contribution in [2.24, 2.45) is 0 Å². The highest BCUT2D eigenvalue weighted by atomic mass is 16.2. The van der Waals surface area contributed by atoms with Gasteiger partial charge in [0.25, 0.3) is 11.8 Å². The van der Waals surface area contributed by atoms with Crippen LogP contribution in [0.1, 0.15) is 38.3 Å². The number of hydrogen-bond donors (Lipinski definition) is 2. The van der Waals surface area contributed by atoms with Gasteiger partial charge in [-0.3, -0.25) is 14.4 Å². The molecule has 0 aliphatic carbocycles. The normalized spacial score (nSPS) is 14.8. The predicted octanol–water partition coefficient (Wildman–Crippen LogP) is 2.65. The second kappa shape index (κ2) is 6.72. The monoisotopic (exact) mass is 361 g/mol. The van der Waals surface area contributed by atoms with Crippen molar-refractivity contribution in [2.75, 3.05) is 16.8 Å². The standard InChI is InChI=1S/C21H19N3O3/c1-2-19(25)24-10-4-6-15-16(5-3-7-18(15)24)21(27)23-14-9-8-13-12-22-20(26)17(13)11-14/h2-3,5,7-9,11H,1,4,6,10,12H2,(H,22,26)(H,23,27). The Labute approximate surface area is 156 Å². The lowest BCUT2D eigenvalue weighted by atomic mass is 9.95. The van der Waals surface area contributed by atoms with E-state index < -0.39 is 0 Å². The van der Waals surface area contributed by atoms with Crippen LogP contribution in [-0.2, 0) is 17.8 Å². The molecule has 0 saturated carbocycles. The first-order valence-electron chi connectivity index (χ1n) is 8.87.